The fraction of sp³-hybridized carbons (Fsp3) is 0.625. The van der Waals surface area contributed by atoms with E-state index in [1.165, 1.54) is 15.2 Å². The zero-order valence-electron chi connectivity index (χ0n) is 9.08. The number of β-amino-alcohol motifs (C(OH)–C–C–N with tert-alkyl or cyclic N) is 1. The number of nitrogens with two attached hydrogens (primary N) is 1. The largest absolute Gasteiger partial charge is 0.387 e. The van der Waals surface area contributed by atoms with E-state index < -0.39 is 15.6 Å². The van der Waals surface area contributed by atoms with Gasteiger partial charge in [-0.2, -0.15) is 4.31 Å². The van der Waals surface area contributed by atoms with E-state index in [1.807, 2.05) is 0 Å². The van der Waals surface area contributed by atoms with Gasteiger partial charge in [0.1, 0.15) is 0 Å². The lowest BCUT2D eigenvalue weighted by Gasteiger charge is -2.42. The Labute approximate surface area is 93.5 Å². The SMILES string of the molecule is Cn1cnc(N)c1S(=O)(=O)N1CC(C)(O)C1. The van der Waals surface area contributed by atoms with Crippen molar-refractivity contribution in [3.63, 3.8) is 0 Å². The molecule has 1 aliphatic heterocycles. The van der Waals surface area contributed by atoms with Gasteiger partial charge >= 0.3 is 0 Å². The Morgan fingerprint density at radius 3 is 2.50 bits per heavy atom. The van der Waals surface area contributed by atoms with Crippen LogP contribution >= 0.6 is 0 Å². The van der Waals surface area contributed by atoms with E-state index in [1.54, 1.807) is 14.0 Å². The van der Waals surface area contributed by atoms with Crippen molar-refractivity contribution in [2.75, 3.05) is 18.8 Å². The molecule has 1 aromatic rings. The summed E-state index contributed by atoms with van der Waals surface area (Å²) in [6.07, 6.45) is 1.35. The summed E-state index contributed by atoms with van der Waals surface area (Å²) in [6.45, 7) is 1.76. The molecule has 1 saturated heterocycles. The molecule has 0 radical (unpaired) electrons. The molecular formula is C8H14N4O3S. The number of aliphatic hydroxyl groups is 1. The molecule has 0 saturated carbocycles. The number of hydrogen-bond acceptors (Lipinski definition) is 5. The molecule has 0 aromatic carbocycles. The molecule has 3 N–H and O–H groups in total. The monoisotopic (exact) mass is 246 g/mol. The second-order valence-electron chi connectivity index (χ2n) is 4.32. The highest BCUT2D eigenvalue weighted by molar-refractivity contribution is 7.89. The van der Waals surface area contributed by atoms with Crippen LogP contribution in [0.1, 0.15) is 6.92 Å². The normalized spacial score (nSPS) is 20.7. The third kappa shape index (κ3) is 1.58. The molecule has 16 heavy (non-hydrogen) atoms. The van der Waals surface area contributed by atoms with E-state index >= 15 is 0 Å². The van der Waals surface area contributed by atoms with Crippen molar-refractivity contribution < 1.29 is 13.5 Å². The number of aryl methyl sites for hydroxylation is 1. The van der Waals surface area contributed by atoms with Crippen molar-refractivity contribution in [3.05, 3.63) is 6.33 Å². The molecule has 0 atom stereocenters. The van der Waals surface area contributed by atoms with Crippen LogP contribution in [-0.4, -0.2) is 46.1 Å². The summed E-state index contributed by atoms with van der Waals surface area (Å²) >= 11 is 0. The van der Waals surface area contributed by atoms with E-state index in [9.17, 15) is 13.5 Å². The Kier molecular flexibility index (Phi) is 2.26. The molecule has 2 heterocycles. The lowest BCUT2D eigenvalue weighted by molar-refractivity contribution is -0.0427. The van der Waals surface area contributed by atoms with Crippen LogP contribution < -0.4 is 5.73 Å². The predicted molar refractivity (Wildman–Crippen MR) is 57.0 cm³/mol. The molecule has 2 rings (SSSR count). The standard InChI is InChI=1S/C8H14N4O3S/c1-8(13)3-12(4-8)16(14,15)7-6(9)10-5-11(7)2/h5,13H,3-4,9H2,1-2H3. The van der Waals surface area contributed by atoms with Crippen LogP contribution in [0.15, 0.2) is 11.4 Å². The van der Waals surface area contributed by atoms with E-state index in [2.05, 4.69) is 4.98 Å². The Bertz CT molecular complexity index is 492. The predicted octanol–water partition coefficient (Wildman–Crippen LogP) is -1.24. The third-order valence-electron chi connectivity index (χ3n) is 2.53. The van der Waals surface area contributed by atoms with Gasteiger partial charge in [-0.3, -0.25) is 0 Å². The highest BCUT2D eigenvalue weighted by atomic mass is 32.2. The lowest BCUT2D eigenvalue weighted by atomic mass is 10.0. The van der Waals surface area contributed by atoms with E-state index in [4.69, 9.17) is 5.73 Å². The molecule has 0 amide bonds. The number of sulfonamides is 1. The molecule has 1 aliphatic rings. The number of nitrogens with zero attached hydrogens (tertiary/aromatic N) is 3. The van der Waals surface area contributed by atoms with Crippen molar-refractivity contribution in [1.82, 2.24) is 13.9 Å². The summed E-state index contributed by atoms with van der Waals surface area (Å²) in [5.41, 5.74) is 4.57. The van der Waals surface area contributed by atoms with Crippen LogP contribution in [0.3, 0.4) is 0 Å². The second-order valence-corrected chi connectivity index (χ2v) is 6.17. The number of rotatable bonds is 2. The lowest BCUT2D eigenvalue weighted by Crippen LogP contribution is -2.61. The number of hydrogen-bond donors (Lipinski definition) is 2. The van der Waals surface area contributed by atoms with Crippen LogP contribution in [0.2, 0.25) is 0 Å². The molecule has 7 nitrogen and oxygen atoms in total. The van der Waals surface area contributed by atoms with Crippen LogP contribution in [0.4, 0.5) is 5.82 Å². The van der Waals surface area contributed by atoms with Gasteiger partial charge in [0, 0.05) is 20.1 Å². The Morgan fingerprint density at radius 1 is 1.56 bits per heavy atom. The van der Waals surface area contributed by atoms with Crippen LogP contribution in [-0.2, 0) is 17.1 Å². The molecule has 90 valence electrons. The van der Waals surface area contributed by atoms with Gasteiger partial charge in [-0.05, 0) is 6.92 Å². The van der Waals surface area contributed by atoms with Crippen molar-refractivity contribution in [1.29, 1.82) is 0 Å². The van der Waals surface area contributed by atoms with Gasteiger partial charge in [-0.15, -0.1) is 0 Å². The second kappa shape index (κ2) is 3.19. The molecule has 0 aliphatic carbocycles. The number of anilines is 1. The van der Waals surface area contributed by atoms with Gasteiger partial charge in [0.2, 0.25) is 0 Å². The summed E-state index contributed by atoms with van der Waals surface area (Å²) < 4.78 is 26.7. The highest BCUT2D eigenvalue weighted by Gasteiger charge is 2.45. The number of imidazole rings is 1. The van der Waals surface area contributed by atoms with Crippen LogP contribution in [0, 0.1) is 0 Å². The average Bonchev–Trinajstić information content (AvgIpc) is 2.42. The third-order valence-corrected chi connectivity index (χ3v) is 4.45. The van der Waals surface area contributed by atoms with Gasteiger partial charge in [-0.1, -0.05) is 0 Å². The van der Waals surface area contributed by atoms with Gasteiger partial charge < -0.3 is 15.4 Å². The first kappa shape index (κ1) is 11.4. The van der Waals surface area contributed by atoms with E-state index in [0.29, 0.717) is 0 Å². The summed E-state index contributed by atoms with van der Waals surface area (Å²) in [5.74, 6) is -0.0194. The minimum Gasteiger partial charge on any atom is -0.387 e. The first-order valence-corrected chi connectivity index (χ1v) is 6.17. The van der Waals surface area contributed by atoms with Crippen molar-refractivity contribution in [2.24, 2.45) is 7.05 Å². The molecule has 1 aromatic heterocycles. The summed E-state index contributed by atoms with van der Waals surface area (Å²) in [4.78, 5) is 3.73. The molecule has 0 unspecified atom stereocenters. The Balaban J connectivity index is 2.35. The molecule has 1 fully saturated rings. The molecule has 0 spiro atoms. The topological polar surface area (TPSA) is 101 Å². The fourth-order valence-electron chi connectivity index (χ4n) is 1.76. The van der Waals surface area contributed by atoms with E-state index in [0.717, 1.165) is 0 Å². The minimum absolute atomic E-state index is 0.0194. The average molecular weight is 246 g/mol. The quantitative estimate of drug-likeness (QED) is 0.679. The molecule has 8 heteroatoms. The number of aromatic nitrogens is 2. The zero-order chi connectivity index (χ0) is 12.1. The summed E-state index contributed by atoms with van der Waals surface area (Å²) in [6, 6.07) is 0. The van der Waals surface area contributed by atoms with Crippen molar-refractivity contribution in [2.45, 2.75) is 17.6 Å². The summed E-state index contributed by atoms with van der Waals surface area (Å²) in [7, 11) is -2.08. The van der Waals surface area contributed by atoms with Gasteiger partial charge in [0.05, 0.1) is 11.9 Å². The summed E-state index contributed by atoms with van der Waals surface area (Å²) in [5, 5.41) is 9.50. The maximum Gasteiger partial charge on any atom is 0.262 e. The maximum atomic E-state index is 12.1. The van der Waals surface area contributed by atoms with Gasteiger partial charge in [0.25, 0.3) is 10.0 Å². The Morgan fingerprint density at radius 2 is 2.12 bits per heavy atom. The highest BCUT2D eigenvalue weighted by Crippen LogP contribution is 2.29. The molecule has 0 bridgehead atoms. The minimum atomic E-state index is -3.64. The first-order valence-electron chi connectivity index (χ1n) is 4.73. The van der Waals surface area contributed by atoms with Crippen molar-refractivity contribution in [3.8, 4) is 0 Å². The van der Waals surface area contributed by atoms with Crippen LogP contribution in [0.25, 0.3) is 0 Å². The van der Waals surface area contributed by atoms with Crippen LogP contribution in [0.5, 0.6) is 0 Å². The van der Waals surface area contributed by atoms with E-state index in [-0.39, 0.29) is 23.9 Å². The zero-order valence-corrected chi connectivity index (χ0v) is 9.90. The van der Waals surface area contributed by atoms with Gasteiger partial charge in [0.15, 0.2) is 10.8 Å². The van der Waals surface area contributed by atoms with Crippen molar-refractivity contribution >= 4 is 15.8 Å². The van der Waals surface area contributed by atoms with Gasteiger partial charge in [-0.25, -0.2) is 13.4 Å². The number of nitrogen functional groups attached to an aromatic ring is 1. The first-order chi connectivity index (χ1) is 7.24. The maximum absolute atomic E-state index is 12.1. The Hall–Kier alpha value is -1.12. The molecular weight excluding hydrogens is 232 g/mol. The fourth-order valence-corrected chi connectivity index (χ4v) is 3.63. The smallest absolute Gasteiger partial charge is 0.262 e.